The van der Waals surface area contributed by atoms with Crippen molar-refractivity contribution in [3.63, 3.8) is 0 Å². The Morgan fingerprint density at radius 1 is 1.14 bits per heavy atom. The minimum absolute atomic E-state index is 0.0205. The molecule has 1 heterocycles. The predicted octanol–water partition coefficient (Wildman–Crippen LogP) is 1.46. The molecule has 0 saturated carbocycles. The van der Waals surface area contributed by atoms with Crippen molar-refractivity contribution in [3.05, 3.63) is 29.3 Å². The number of likely N-dealkylation sites (N-methyl/N-ethyl adjacent to an activating group) is 1. The molecule has 0 aromatic heterocycles. The molecule has 116 valence electrons. The second-order valence-electron chi connectivity index (χ2n) is 5.58. The SMILES string of the molecule is CN(C)CCN1CCN(c2c(F)cc(C=O)cc2F)CC1. The molecule has 0 spiro atoms. The van der Waals surface area contributed by atoms with Gasteiger partial charge in [-0.1, -0.05) is 0 Å². The van der Waals surface area contributed by atoms with Crippen LogP contribution in [-0.2, 0) is 0 Å². The van der Waals surface area contributed by atoms with Crippen LogP contribution in [0, 0.1) is 11.6 Å². The largest absolute Gasteiger partial charge is 0.364 e. The maximum atomic E-state index is 14.0. The first-order valence-corrected chi connectivity index (χ1v) is 7.07. The van der Waals surface area contributed by atoms with E-state index in [1.165, 1.54) is 0 Å². The van der Waals surface area contributed by atoms with Gasteiger partial charge in [0.2, 0.25) is 0 Å². The number of hydrogen-bond donors (Lipinski definition) is 0. The molecule has 6 heteroatoms. The molecule has 0 radical (unpaired) electrons. The predicted molar refractivity (Wildman–Crippen MR) is 79.0 cm³/mol. The molecule has 0 N–H and O–H groups in total. The Hall–Kier alpha value is -1.53. The van der Waals surface area contributed by atoms with E-state index in [0.29, 0.717) is 19.4 Å². The molecule has 21 heavy (non-hydrogen) atoms. The summed E-state index contributed by atoms with van der Waals surface area (Å²) in [5.74, 6) is -1.34. The molecule has 1 aromatic rings. The van der Waals surface area contributed by atoms with Crippen molar-refractivity contribution < 1.29 is 13.6 Å². The number of rotatable bonds is 5. The Labute approximate surface area is 123 Å². The molecular formula is C15H21F2N3O. The van der Waals surface area contributed by atoms with Gasteiger partial charge in [0.15, 0.2) is 0 Å². The van der Waals surface area contributed by atoms with E-state index in [2.05, 4.69) is 9.80 Å². The zero-order valence-electron chi connectivity index (χ0n) is 12.5. The summed E-state index contributed by atoms with van der Waals surface area (Å²) in [4.78, 5) is 16.7. The molecule has 1 fully saturated rings. The van der Waals surface area contributed by atoms with Gasteiger partial charge in [-0.2, -0.15) is 0 Å². The highest BCUT2D eigenvalue weighted by Crippen LogP contribution is 2.25. The van der Waals surface area contributed by atoms with E-state index in [-0.39, 0.29) is 11.3 Å². The van der Waals surface area contributed by atoms with Gasteiger partial charge in [-0.3, -0.25) is 9.69 Å². The number of nitrogens with zero attached hydrogens (tertiary/aromatic N) is 3. The van der Waals surface area contributed by atoms with Crippen LogP contribution in [0.5, 0.6) is 0 Å². The number of aldehydes is 1. The minimum atomic E-state index is -0.668. The molecule has 0 amide bonds. The second-order valence-corrected chi connectivity index (χ2v) is 5.58. The number of anilines is 1. The lowest BCUT2D eigenvalue weighted by Gasteiger charge is -2.36. The summed E-state index contributed by atoms with van der Waals surface area (Å²) >= 11 is 0. The van der Waals surface area contributed by atoms with E-state index >= 15 is 0 Å². The lowest BCUT2D eigenvalue weighted by atomic mass is 10.1. The van der Waals surface area contributed by atoms with Crippen LogP contribution in [0.1, 0.15) is 10.4 Å². The molecule has 1 saturated heterocycles. The van der Waals surface area contributed by atoms with E-state index in [0.717, 1.165) is 38.3 Å². The maximum Gasteiger partial charge on any atom is 0.150 e. The van der Waals surface area contributed by atoms with Gasteiger partial charge in [-0.05, 0) is 26.2 Å². The first kappa shape index (κ1) is 15.9. The van der Waals surface area contributed by atoms with Crippen LogP contribution in [0.15, 0.2) is 12.1 Å². The van der Waals surface area contributed by atoms with Gasteiger partial charge in [0.25, 0.3) is 0 Å². The third-order valence-corrected chi connectivity index (χ3v) is 3.73. The average molecular weight is 297 g/mol. The quantitative estimate of drug-likeness (QED) is 0.769. The van der Waals surface area contributed by atoms with Gasteiger partial charge in [0.1, 0.15) is 23.6 Å². The molecule has 0 aliphatic carbocycles. The zero-order valence-corrected chi connectivity index (χ0v) is 12.5. The van der Waals surface area contributed by atoms with Gasteiger partial charge >= 0.3 is 0 Å². The van der Waals surface area contributed by atoms with Gasteiger partial charge in [0.05, 0.1) is 0 Å². The van der Waals surface area contributed by atoms with Gasteiger partial charge < -0.3 is 9.80 Å². The Balaban J connectivity index is 2.01. The van der Waals surface area contributed by atoms with Gasteiger partial charge in [0, 0.05) is 44.8 Å². The normalized spacial score (nSPS) is 16.5. The lowest BCUT2D eigenvalue weighted by molar-refractivity contribution is 0.112. The molecule has 0 unspecified atom stereocenters. The van der Waals surface area contributed by atoms with E-state index in [1.807, 2.05) is 14.1 Å². The van der Waals surface area contributed by atoms with Crippen molar-refractivity contribution >= 4 is 12.0 Å². The fourth-order valence-corrected chi connectivity index (χ4v) is 2.49. The van der Waals surface area contributed by atoms with Crippen molar-refractivity contribution in [2.45, 2.75) is 0 Å². The van der Waals surface area contributed by atoms with E-state index in [1.54, 1.807) is 4.90 Å². The molecule has 1 aliphatic heterocycles. The molecule has 0 atom stereocenters. The monoisotopic (exact) mass is 297 g/mol. The summed E-state index contributed by atoms with van der Waals surface area (Å²) in [6, 6.07) is 2.17. The highest BCUT2D eigenvalue weighted by atomic mass is 19.1. The number of carbonyl (C=O) groups is 1. The van der Waals surface area contributed by atoms with Gasteiger partial charge in [-0.15, -0.1) is 0 Å². The van der Waals surface area contributed by atoms with Crippen molar-refractivity contribution in [1.82, 2.24) is 9.80 Å². The van der Waals surface area contributed by atoms with Crippen LogP contribution in [-0.4, -0.2) is 69.4 Å². The Bertz CT molecular complexity index is 477. The number of piperazine rings is 1. The minimum Gasteiger partial charge on any atom is -0.364 e. The van der Waals surface area contributed by atoms with Crippen LogP contribution in [0.4, 0.5) is 14.5 Å². The summed E-state index contributed by atoms with van der Waals surface area (Å²) in [5, 5.41) is 0. The van der Waals surface area contributed by atoms with Crippen LogP contribution in [0.2, 0.25) is 0 Å². The van der Waals surface area contributed by atoms with Crippen molar-refractivity contribution in [2.24, 2.45) is 0 Å². The van der Waals surface area contributed by atoms with Crippen LogP contribution < -0.4 is 4.90 Å². The smallest absolute Gasteiger partial charge is 0.150 e. The number of carbonyl (C=O) groups excluding carboxylic acids is 1. The van der Waals surface area contributed by atoms with Crippen molar-refractivity contribution in [3.8, 4) is 0 Å². The summed E-state index contributed by atoms with van der Waals surface area (Å²) < 4.78 is 27.9. The molecule has 4 nitrogen and oxygen atoms in total. The molecule has 2 rings (SSSR count). The van der Waals surface area contributed by atoms with Crippen LogP contribution in [0.3, 0.4) is 0 Å². The van der Waals surface area contributed by atoms with Crippen molar-refractivity contribution in [2.75, 3.05) is 58.3 Å². The van der Waals surface area contributed by atoms with Crippen molar-refractivity contribution in [1.29, 1.82) is 0 Å². The standard InChI is InChI=1S/C15H21F2N3O/c1-18(2)3-4-19-5-7-20(8-6-19)15-13(16)9-12(11-21)10-14(15)17/h9-11H,3-8H2,1-2H3. The summed E-state index contributed by atoms with van der Waals surface area (Å²) in [6.45, 7) is 4.65. The summed E-state index contributed by atoms with van der Waals surface area (Å²) in [7, 11) is 4.05. The van der Waals surface area contributed by atoms with Crippen LogP contribution in [0.25, 0.3) is 0 Å². The fourth-order valence-electron chi connectivity index (χ4n) is 2.49. The molecule has 1 aliphatic rings. The number of halogens is 2. The molecule has 0 bridgehead atoms. The third kappa shape index (κ3) is 3.98. The molecular weight excluding hydrogens is 276 g/mol. The van der Waals surface area contributed by atoms with Crippen LogP contribution >= 0.6 is 0 Å². The topological polar surface area (TPSA) is 26.8 Å². The highest BCUT2D eigenvalue weighted by molar-refractivity contribution is 5.76. The second kappa shape index (κ2) is 6.95. The Morgan fingerprint density at radius 2 is 1.71 bits per heavy atom. The first-order valence-electron chi connectivity index (χ1n) is 7.07. The number of benzene rings is 1. The zero-order chi connectivity index (χ0) is 15.4. The van der Waals surface area contributed by atoms with E-state index < -0.39 is 11.6 Å². The molecule has 1 aromatic carbocycles. The van der Waals surface area contributed by atoms with Gasteiger partial charge in [-0.25, -0.2) is 8.78 Å². The lowest BCUT2D eigenvalue weighted by Crippen LogP contribution is -2.48. The maximum absolute atomic E-state index is 14.0. The average Bonchev–Trinajstić information content (AvgIpc) is 2.45. The Kier molecular flexibility index (Phi) is 5.25. The summed E-state index contributed by atoms with van der Waals surface area (Å²) in [6.07, 6.45) is 0.453. The van der Waals surface area contributed by atoms with E-state index in [4.69, 9.17) is 0 Å². The highest BCUT2D eigenvalue weighted by Gasteiger charge is 2.22. The fraction of sp³-hybridized carbons (Fsp3) is 0.533. The Morgan fingerprint density at radius 3 is 2.19 bits per heavy atom. The first-order chi connectivity index (χ1) is 10.0. The number of hydrogen-bond acceptors (Lipinski definition) is 4. The van der Waals surface area contributed by atoms with E-state index in [9.17, 15) is 13.6 Å². The summed E-state index contributed by atoms with van der Waals surface area (Å²) in [5.41, 5.74) is 0.00577. The third-order valence-electron chi connectivity index (χ3n) is 3.73.